The minimum Gasteiger partial charge on any atom is -0.456 e. The zero-order valence-corrected chi connectivity index (χ0v) is 22.6. The molecule has 4 heteroatoms. The largest absolute Gasteiger partial charge is 0.456 e. The molecule has 6 aromatic carbocycles. The summed E-state index contributed by atoms with van der Waals surface area (Å²) in [5.41, 5.74) is 9.21. The average molecular weight is 540 g/mol. The molecule has 4 nitrogen and oxygen atoms in total. The highest BCUT2D eigenvalue weighted by molar-refractivity contribution is 6.53. The Kier molecular flexibility index (Phi) is 5.41. The molecule has 1 aromatic heterocycles. The van der Waals surface area contributed by atoms with Crippen LogP contribution in [0.5, 0.6) is 0 Å². The van der Waals surface area contributed by atoms with Crippen molar-refractivity contribution in [3.05, 3.63) is 145 Å². The van der Waals surface area contributed by atoms with Gasteiger partial charge in [-0.2, -0.15) is 0 Å². The van der Waals surface area contributed by atoms with Gasteiger partial charge in [0.25, 0.3) is 0 Å². The lowest BCUT2D eigenvalue weighted by atomic mass is 9.89. The first-order chi connectivity index (χ1) is 20.6. The van der Waals surface area contributed by atoms with Crippen molar-refractivity contribution < 1.29 is 4.42 Å². The van der Waals surface area contributed by atoms with Crippen LogP contribution >= 0.6 is 0 Å². The van der Waals surface area contributed by atoms with Crippen molar-refractivity contribution in [2.24, 2.45) is 0 Å². The van der Waals surface area contributed by atoms with Crippen molar-refractivity contribution >= 4 is 67.3 Å². The van der Waals surface area contributed by atoms with Crippen molar-refractivity contribution in [3.8, 4) is 11.1 Å². The van der Waals surface area contributed by atoms with E-state index < -0.39 is 0 Å². The average Bonchev–Trinajstić information content (AvgIpc) is 3.41. The summed E-state index contributed by atoms with van der Waals surface area (Å²) in [5.74, 6) is 0. The van der Waals surface area contributed by atoms with Gasteiger partial charge in [0.15, 0.2) is 0 Å². The lowest BCUT2D eigenvalue weighted by Crippen LogP contribution is -2.16. The molecule has 0 unspecified atom stereocenters. The summed E-state index contributed by atoms with van der Waals surface area (Å²) in [5, 5.41) is 21.2. The zero-order chi connectivity index (χ0) is 28.2. The van der Waals surface area contributed by atoms with Gasteiger partial charge in [-0.25, -0.2) is 0 Å². The maximum absolute atomic E-state index is 8.71. The fourth-order valence-corrected chi connectivity index (χ4v) is 6.01. The minimum atomic E-state index is 0.226. The highest BCUT2D eigenvalue weighted by atomic mass is 16.3. The Morgan fingerprint density at radius 2 is 1.17 bits per heavy atom. The Bertz CT molecular complexity index is 2220. The third-order valence-corrected chi connectivity index (χ3v) is 8.10. The number of furan rings is 1. The van der Waals surface area contributed by atoms with Crippen LogP contribution in [0.1, 0.15) is 11.1 Å². The van der Waals surface area contributed by atoms with E-state index >= 15 is 0 Å². The predicted octanol–water partition coefficient (Wildman–Crippen LogP) is 10.3. The van der Waals surface area contributed by atoms with Crippen LogP contribution in [0.25, 0.3) is 49.9 Å². The summed E-state index contributed by atoms with van der Waals surface area (Å²) in [6, 6.07) is 44.0. The van der Waals surface area contributed by atoms with Crippen LogP contribution in [0.3, 0.4) is 0 Å². The van der Waals surface area contributed by atoms with Crippen molar-refractivity contribution in [3.63, 3.8) is 0 Å². The zero-order valence-electron chi connectivity index (χ0n) is 22.6. The molecule has 1 aliphatic carbocycles. The minimum absolute atomic E-state index is 0.226. The smallest absolute Gasteiger partial charge is 0.137 e. The first-order valence-electron chi connectivity index (χ1n) is 13.9. The van der Waals surface area contributed by atoms with Gasteiger partial charge in [-0.3, -0.25) is 10.8 Å². The Balaban J connectivity index is 1.33. The maximum atomic E-state index is 8.71. The van der Waals surface area contributed by atoms with Crippen LogP contribution < -0.4 is 4.90 Å². The van der Waals surface area contributed by atoms with Gasteiger partial charge in [-0.1, -0.05) is 84.9 Å². The van der Waals surface area contributed by atoms with Crippen LogP contribution in [0.4, 0.5) is 17.1 Å². The predicted molar refractivity (Wildman–Crippen MR) is 175 cm³/mol. The number of rotatable bonds is 4. The normalized spacial score (nSPS) is 12.8. The molecule has 0 aliphatic heterocycles. The van der Waals surface area contributed by atoms with E-state index in [1.807, 2.05) is 36.4 Å². The van der Waals surface area contributed by atoms with Gasteiger partial charge >= 0.3 is 0 Å². The highest BCUT2D eigenvalue weighted by Crippen LogP contribution is 2.41. The van der Waals surface area contributed by atoms with Crippen LogP contribution in [-0.2, 0) is 0 Å². The maximum Gasteiger partial charge on any atom is 0.137 e. The Morgan fingerprint density at radius 3 is 2.02 bits per heavy atom. The van der Waals surface area contributed by atoms with E-state index in [4.69, 9.17) is 15.2 Å². The second-order valence-electron chi connectivity index (χ2n) is 10.6. The number of nitrogens with zero attached hydrogens (tertiary/aromatic N) is 1. The number of hydrogen-bond donors (Lipinski definition) is 2. The quantitative estimate of drug-likeness (QED) is 0.234. The van der Waals surface area contributed by atoms with E-state index in [-0.39, 0.29) is 11.4 Å². The van der Waals surface area contributed by atoms with Gasteiger partial charge in [-0.05, 0) is 76.0 Å². The van der Waals surface area contributed by atoms with Crippen LogP contribution in [-0.4, -0.2) is 11.4 Å². The number of anilines is 3. The molecule has 7 aromatic rings. The van der Waals surface area contributed by atoms with E-state index in [0.29, 0.717) is 0 Å². The lowest BCUT2D eigenvalue weighted by molar-refractivity contribution is 0.669. The van der Waals surface area contributed by atoms with Crippen molar-refractivity contribution in [2.45, 2.75) is 0 Å². The second kappa shape index (κ2) is 9.43. The number of fused-ring (bicyclic) bond motifs is 6. The fourth-order valence-electron chi connectivity index (χ4n) is 6.01. The molecule has 0 fully saturated rings. The molecule has 0 spiro atoms. The van der Waals surface area contributed by atoms with Crippen molar-refractivity contribution in [2.75, 3.05) is 4.90 Å². The summed E-state index contributed by atoms with van der Waals surface area (Å²) in [4.78, 5) is 2.23. The Labute approximate surface area is 242 Å². The number of allylic oxidation sites excluding steroid dienone is 1. The molecule has 42 heavy (non-hydrogen) atoms. The number of nitrogens with one attached hydrogen (secondary N) is 2. The van der Waals surface area contributed by atoms with E-state index in [2.05, 4.69) is 102 Å². The molecular weight excluding hydrogens is 514 g/mol. The van der Waals surface area contributed by atoms with Gasteiger partial charge < -0.3 is 9.32 Å². The van der Waals surface area contributed by atoms with E-state index in [0.717, 1.165) is 66.5 Å². The van der Waals surface area contributed by atoms with Crippen molar-refractivity contribution in [1.29, 1.82) is 10.8 Å². The molecule has 2 N–H and O–H groups in total. The molecule has 8 rings (SSSR count). The second-order valence-corrected chi connectivity index (χ2v) is 10.6. The summed E-state index contributed by atoms with van der Waals surface area (Å²) >= 11 is 0. The van der Waals surface area contributed by atoms with Gasteiger partial charge in [0.05, 0.1) is 11.4 Å². The molecule has 0 bridgehead atoms. The number of hydrogen-bond acceptors (Lipinski definition) is 4. The Hall–Kier alpha value is -5.74. The fraction of sp³-hybridized carbons (Fsp3) is 0. The van der Waals surface area contributed by atoms with Crippen molar-refractivity contribution in [1.82, 2.24) is 0 Å². The lowest BCUT2D eigenvalue weighted by Gasteiger charge is -2.26. The first-order valence-corrected chi connectivity index (χ1v) is 13.9. The van der Waals surface area contributed by atoms with Gasteiger partial charge in [0, 0.05) is 39.5 Å². The van der Waals surface area contributed by atoms with Crippen LogP contribution in [0.2, 0.25) is 0 Å². The van der Waals surface area contributed by atoms with E-state index in [1.165, 1.54) is 5.56 Å². The topological polar surface area (TPSA) is 64.1 Å². The molecule has 0 radical (unpaired) electrons. The molecule has 0 saturated carbocycles. The number of benzene rings is 6. The molecule has 0 atom stereocenters. The summed E-state index contributed by atoms with van der Waals surface area (Å²) in [6.45, 7) is 0. The standard InChI is InChI=1S/C38H25N3O/c39-34-21-15-27-11-10-26-14-18-29(22-33(26)37(27)38(34)40)41(28-16-12-25(13-17-28)24-6-2-1-3-7-24)30-19-20-32-31-8-4-5-9-35(31)42-36(32)23-30/h1-23,39-40H. The summed E-state index contributed by atoms with van der Waals surface area (Å²) in [6.07, 6.45) is 3.63. The van der Waals surface area contributed by atoms with Crippen LogP contribution in [0.15, 0.2) is 138 Å². The summed E-state index contributed by atoms with van der Waals surface area (Å²) in [7, 11) is 0. The molecule has 0 saturated heterocycles. The van der Waals surface area contributed by atoms with Crippen LogP contribution in [0, 0.1) is 10.8 Å². The molecule has 1 aliphatic rings. The monoisotopic (exact) mass is 539 g/mol. The molecule has 0 amide bonds. The van der Waals surface area contributed by atoms with E-state index in [1.54, 1.807) is 6.08 Å². The van der Waals surface area contributed by atoms with E-state index in [9.17, 15) is 0 Å². The third-order valence-electron chi connectivity index (χ3n) is 8.10. The van der Waals surface area contributed by atoms with Gasteiger partial charge in [-0.15, -0.1) is 0 Å². The number of para-hydroxylation sites is 1. The third kappa shape index (κ3) is 3.85. The molecule has 198 valence electrons. The SMILES string of the molecule is N=C1C=Cc2ccc3ccc(N(c4ccc(-c5ccccc5)cc4)c4ccc5c(c4)oc4ccccc45)cc3c2C1=N. The van der Waals surface area contributed by atoms with Gasteiger partial charge in [0.2, 0.25) is 0 Å². The summed E-state index contributed by atoms with van der Waals surface area (Å²) < 4.78 is 6.28. The van der Waals surface area contributed by atoms with Gasteiger partial charge in [0.1, 0.15) is 11.2 Å². The first kappa shape index (κ1) is 24.1. The molecule has 1 heterocycles. The highest BCUT2D eigenvalue weighted by Gasteiger charge is 2.20. The Morgan fingerprint density at radius 1 is 0.500 bits per heavy atom. The molecular formula is C38H25N3O.